The standard InChI is InChI=1S/C24H31NO2/c1-7-9-10-16(3)24(17(4)20-11-12-20)18(5)22-14-23(27)21(19(6)26)15-25(22)13-8-2/h7,9-10,14-15,20H,4,8,11-13H2,1-3,5-6H3/b9-7-,16-10+,24-18+. The second-order valence-electron chi connectivity index (χ2n) is 7.36. The summed E-state index contributed by atoms with van der Waals surface area (Å²) in [4.78, 5) is 24.3. The first-order chi connectivity index (χ1) is 12.8. The molecule has 0 bridgehead atoms. The molecule has 27 heavy (non-hydrogen) atoms. The maximum atomic E-state index is 12.5. The minimum atomic E-state index is -0.212. The minimum absolute atomic E-state index is 0.190. The Labute approximate surface area is 162 Å². The van der Waals surface area contributed by atoms with Crippen molar-refractivity contribution < 1.29 is 4.79 Å². The maximum absolute atomic E-state index is 12.5. The summed E-state index contributed by atoms with van der Waals surface area (Å²) in [5.74, 6) is 0.344. The SMILES string of the molecule is C=C(C(=C(\C)c1cc(=O)c(C(C)=O)cn1CCC)/C(C)=C/C=C\C)C1CC1. The highest BCUT2D eigenvalue weighted by Gasteiger charge is 2.28. The van der Waals surface area contributed by atoms with Gasteiger partial charge in [-0.1, -0.05) is 31.7 Å². The number of aromatic nitrogens is 1. The molecule has 0 amide bonds. The van der Waals surface area contributed by atoms with Gasteiger partial charge in [0.15, 0.2) is 11.2 Å². The van der Waals surface area contributed by atoms with E-state index in [0.29, 0.717) is 5.92 Å². The Balaban J connectivity index is 2.72. The number of rotatable bonds is 8. The van der Waals surface area contributed by atoms with Gasteiger partial charge in [-0.2, -0.15) is 0 Å². The van der Waals surface area contributed by atoms with Gasteiger partial charge in [-0.3, -0.25) is 9.59 Å². The van der Waals surface area contributed by atoms with Crippen LogP contribution in [-0.4, -0.2) is 10.4 Å². The van der Waals surface area contributed by atoms with E-state index in [-0.39, 0.29) is 16.8 Å². The molecule has 3 heteroatoms. The van der Waals surface area contributed by atoms with Crippen LogP contribution < -0.4 is 5.43 Å². The molecule has 0 N–H and O–H groups in total. The van der Waals surface area contributed by atoms with Crippen LogP contribution in [0.4, 0.5) is 0 Å². The van der Waals surface area contributed by atoms with E-state index < -0.39 is 0 Å². The van der Waals surface area contributed by atoms with Gasteiger partial charge >= 0.3 is 0 Å². The van der Waals surface area contributed by atoms with Gasteiger partial charge in [0.2, 0.25) is 0 Å². The fourth-order valence-corrected chi connectivity index (χ4v) is 3.47. The van der Waals surface area contributed by atoms with Crippen molar-refractivity contribution in [2.75, 3.05) is 0 Å². The lowest BCUT2D eigenvalue weighted by atomic mass is 9.90. The summed E-state index contributed by atoms with van der Waals surface area (Å²) >= 11 is 0. The summed E-state index contributed by atoms with van der Waals surface area (Å²) in [6, 6.07) is 1.62. The number of aryl methyl sites for hydroxylation is 1. The Morgan fingerprint density at radius 1 is 1.30 bits per heavy atom. The van der Waals surface area contributed by atoms with Crippen LogP contribution in [-0.2, 0) is 6.54 Å². The number of hydrogen-bond acceptors (Lipinski definition) is 2. The molecule has 144 valence electrons. The Hall–Kier alpha value is -2.42. The molecule has 0 unspecified atom stereocenters. The fourth-order valence-electron chi connectivity index (χ4n) is 3.47. The summed E-state index contributed by atoms with van der Waals surface area (Å²) < 4.78 is 2.04. The molecule has 1 fully saturated rings. The van der Waals surface area contributed by atoms with Crippen LogP contribution >= 0.6 is 0 Å². The third-order valence-corrected chi connectivity index (χ3v) is 5.05. The molecule has 1 heterocycles. The average Bonchev–Trinajstić information content (AvgIpc) is 3.46. The van der Waals surface area contributed by atoms with Gasteiger partial charge in [0.25, 0.3) is 0 Å². The summed E-state index contributed by atoms with van der Waals surface area (Å²) in [6.07, 6.45) is 11.1. The van der Waals surface area contributed by atoms with Crippen LogP contribution in [0.15, 0.2) is 58.6 Å². The van der Waals surface area contributed by atoms with Crippen LogP contribution in [0.5, 0.6) is 0 Å². The smallest absolute Gasteiger partial charge is 0.192 e. The predicted molar refractivity (Wildman–Crippen MR) is 114 cm³/mol. The first kappa shape index (κ1) is 20.9. The van der Waals surface area contributed by atoms with Gasteiger partial charge in [0.1, 0.15) is 0 Å². The van der Waals surface area contributed by atoms with Crippen molar-refractivity contribution in [1.29, 1.82) is 0 Å². The molecule has 0 spiro atoms. The first-order valence-electron chi connectivity index (χ1n) is 9.77. The van der Waals surface area contributed by atoms with Gasteiger partial charge in [-0.15, -0.1) is 0 Å². The quantitative estimate of drug-likeness (QED) is 0.436. The predicted octanol–water partition coefficient (Wildman–Crippen LogP) is 5.72. The third-order valence-electron chi connectivity index (χ3n) is 5.05. The number of pyridine rings is 1. The molecule has 0 radical (unpaired) electrons. The Kier molecular flexibility index (Phi) is 6.95. The molecule has 1 aromatic heterocycles. The zero-order valence-corrected chi connectivity index (χ0v) is 17.3. The molecular weight excluding hydrogens is 334 g/mol. The van der Waals surface area contributed by atoms with E-state index >= 15 is 0 Å². The number of carbonyl (C=O) groups excluding carboxylic acids is 1. The largest absolute Gasteiger partial charge is 0.347 e. The highest BCUT2D eigenvalue weighted by atomic mass is 16.1. The highest BCUT2D eigenvalue weighted by Crippen LogP contribution is 2.43. The third kappa shape index (κ3) is 4.85. The van der Waals surface area contributed by atoms with Gasteiger partial charge in [0.05, 0.1) is 5.56 Å². The minimum Gasteiger partial charge on any atom is -0.347 e. The van der Waals surface area contributed by atoms with Crippen LogP contribution in [0.1, 0.15) is 69.9 Å². The van der Waals surface area contributed by atoms with Crippen molar-refractivity contribution >= 4 is 11.4 Å². The summed E-state index contributed by atoms with van der Waals surface area (Å²) in [6.45, 7) is 14.8. The van der Waals surface area contributed by atoms with E-state index in [0.717, 1.165) is 41.0 Å². The Bertz CT molecular complexity index is 889. The van der Waals surface area contributed by atoms with Gasteiger partial charge in [0, 0.05) is 24.5 Å². The molecular formula is C24H31NO2. The molecule has 1 aliphatic rings. The van der Waals surface area contributed by atoms with E-state index in [1.165, 1.54) is 19.8 Å². The average molecular weight is 366 g/mol. The molecule has 1 saturated carbocycles. The highest BCUT2D eigenvalue weighted by molar-refractivity contribution is 5.94. The molecule has 1 aliphatic carbocycles. The zero-order valence-electron chi connectivity index (χ0n) is 17.3. The zero-order chi connectivity index (χ0) is 20.1. The van der Waals surface area contributed by atoms with Crippen molar-refractivity contribution in [3.8, 4) is 0 Å². The summed E-state index contributed by atoms with van der Waals surface area (Å²) in [5.41, 5.74) is 5.39. The Morgan fingerprint density at radius 2 is 1.96 bits per heavy atom. The van der Waals surface area contributed by atoms with Gasteiger partial charge in [-0.25, -0.2) is 0 Å². The summed E-state index contributed by atoms with van der Waals surface area (Å²) in [5, 5.41) is 0. The van der Waals surface area contributed by atoms with E-state index in [2.05, 4.69) is 33.4 Å². The van der Waals surface area contributed by atoms with Gasteiger partial charge in [-0.05, 0) is 75.2 Å². The lowest BCUT2D eigenvalue weighted by Gasteiger charge is -2.20. The number of carbonyl (C=O) groups is 1. The lowest BCUT2D eigenvalue weighted by Crippen LogP contribution is -2.19. The van der Waals surface area contributed by atoms with E-state index in [1.807, 2.05) is 23.6 Å². The van der Waals surface area contributed by atoms with Gasteiger partial charge < -0.3 is 4.57 Å². The lowest BCUT2D eigenvalue weighted by molar-refractivity contribution is 0.101. The maximum Gasteiger partial charge on any atom is 0.192 e. The van der Waals surface area contributed by atoms with Crippen LogP contribution in [0, 0.1) is 5.92 Å². The normalized spacial score (nSPS) is 15.8. The summed E-state index contributed by atoms with van der Waals surface area (Å²) in [7, 11) is 0. The molecule has 0 aromatic carbocycles. The van der Waals surface area contributed by atoms with Crippen molar-refractivity contribution in [3.05, 3.63) is 75.3 Å². The fraction of sp³-hybridized carbons (Fsp3) is 0.417. The first-order valence-corrected chi connectivity index (χ1v) is 9.77. The monoisotopic (exact) mass is 365 g/mol. The Morgan fingerprint density at radius 3 is 2.48 bits per heavy atom. The molecule has 3 nitrogen and oxygen atoms in total. The second kappa shape index (κ2) is 8.98. The second-order valence-corrected chi connectivity index (χ2v) is 7.36. The van der Waals surface area contributed by atoms with E-state index in [1.54, 1.807) is 12.3 Å². The number of ketones is 1. The number of Topliss-reactive ketones (excluding diaryl/α,β-unsaturated/α-hetero) is 1. The van der Waals surface area contributed by atoms with Crippen LogP contribution in [0.2, 0.25) is 0 Å². The van der Waals surface area contributed by atoms with Crippen LogP contribution in [0.25, 0.3) is 5.57 Å². The van der Waals surface area contributed by atoms with Crippen molar-refractivity contribution in [3.63, 3.8) is 0 Å². The topological polar surface area (TPSA) is 39.1 Å². The van der Waals surface area contributed by atoms with E-state index in [4.69, 9.17) is 0 Å². The molecule has 0 saturated heterocycles. The number of nitrogens with zero attached hydrogens (tertiary/aromatic N) is 1. The number of allylic oxidation sites excluding steroid dienone is 7. The van der Waals surface area contributed by atoms with Crippen molar-refractivity contribution in [2.24, 2.45) is 5.92 Å². The molecule has 0 atom stereocenters. The molecule has 1 aromatic rings. The van der Waals surface area contributed by atoms with E-state index in [9.17, 15) is 9.59 Å². The number of hydrogen-bond donors (Lipinski definition) is 0. The van der Waals surface area contributed by atoms with Crippen molar-refractivity contribution in [2.45, 2.75) is 60.4 Å². The van der Waals surface area contributed by atoms with Crippen molar-refractivity contribution in [1.82, 2.24) is 4.57 Å². The molecule has 2 rings (SSSR count). The molecule has 0 aliphatic heterocycles. The van der Waals surface area contributed by atoms with Crippen LogP contribution in [0.3, 0.4) is 0 Å².